The lowest BCUT2D eigenvalue weighted by atomic mass is 10.3. The SMILES string of the molecule is FC(F)(F)c1nccn2cccc12. The summed E-state index contributed by atoms with van der Waals surface area (Å²) in [7, 11) is 0. The summed E-state index contributed by atoms with van der Waals surface area (Å²) in [5.41, 5.74) is -0.769. The largest absolute Gasteiger partial charge is 0.435 e. The van der Waals surface area contributed by atoms with E-state index in [-0.39, 0.29) is 5.52 Å². The van der Waals surface area contributed by atoms with Gasteiger partial charge in [-0.15, -0.1) is 0 Å². The maximum absolute atomic E-state index is 12.3. The minimum Gasteiger partial charge on any atom is -0.320 e. The molecular formula is C8H5F3N2. The van der Waals surface area contributed by atoms with E-state index in [1.165, 1.54) is 16.7 Å². The molecule has 2 heterocycles. The van der Waals surface area contributed by atoms with Crippen LogP contribution in [0.3, 0.4) is 0 Å². The lowest BCUT2D eigenvalue weighted by Crippen LogP contribution is -2.09. The summed E-state index contributed by atoms with van der Waals surface area (Å²) >= 11 is 0. The van der Waals surface area contributed by atoms with Crippen LogP contribution in [0.25, 0.3) is 5.52 Å². The molecule has 5 heteroatoms. The predicted octanol–water partition coefficient (Wildman–Crippen LogP) is 2.35. The molecule has 0 aliphatic carbocycles. The van der Waals surface area contributed by atoms with E-state index >= 15 is 0 Å². The molecule has 0 aliphatic rings. The number of fused-ring (bicyclic) bond motifs is 1. The van der Waals surface area contributed by atoms with Crippen LogP contribution in [0.4, 0.5) is 13.2 Å². The fraction of sp³-hybridized carbons (Fsp3) is 0.125. The Morgan fingerprint density at radius 1 is 1.23 bits per heavy atom. The zero-order valence-electron chi connectivity index (χ0n) is 6.42. The highest BCUT2D eigenvalue weighted by Crippen LogP contribution is 2.30. The summed E-state index contributed by atoms with van der Waals surface area (Å²) in [4.78, 5) is 3.30. The molecule has 2 aromatic heterocycles. The van der Waals surface area contributed by atoms with Gasteiger partial charge in [-0.2, -0.15) is 13.2 Å². The van der Waals surface area contributed by atoms with Gasteiger partial charge in [-0.25, -0.2) is 4.98 Å². The molecule has 0 fully saturated rings. The average Bonchev–Trinajstić information content (AvgIpc) is 2.48. The van der Waals surface area contributed by atoms with Crippen LogP contribution in [0.5, 0.6) is 0 Å². The molecule has 0 saturated carbocycles. The number of halogens is 3. The highest BCUT2D eigenvalue weighted by molar-refractivity contribution is 5.53. The van der Waals surface area contributed by atoms with E-state index in [1.54, 1.807) is 12.3 Å². The van der Waals surface area contributed by atoms with Crippen molar-refractivity contribution in [2.24, 2.45) is 0 Å². The van der Waals surface area contributed by atoms with Crippen LogP contribution >= 0.6 is 0 Å². The maximum atomic E-state index is 12.3. The minimum absolute atomic E-state index is 0.0787. The van der Waals surface area contributed by atoms with E-state index in [0.717, 1.165) is 6.20 Å². The molecule has 0 radical (unpaired) electrons. The fourth-order valence-electron chi connectivity index (χ4n) is 1.19. The first-order valence-corrected chi connectivity index (χ1v) is 3.58. The van der Waals surface area contributed by atoms with Crippen LogP contribution < -0.4 is 0 Å². The van der Waals surface area contributed by atoms with Crippen LogP contribution in [0.15, 0.2) is 30.7 Å². The second-order valence-corrected chi connectivity index (χ2v) is 2.57. The van der Waals surface area contributed by atoms with E-state index in [0.29, 0.717) is 0 Å². The molecule has 68 valence electrons. The number of rotatable bonds is 0. The molecule has 0 aliphatic heterocycles. The van der Waals surface area contributed by atoms with Crippen LogP contribution in [-0.4, -0.2) is 9.38 Å². The maximum Gasteiger partial charge on any atom is 0.435 e. The number of aromatic nitrogens is 2. The summed E-state index contributed by atoms with van der Waals surface area (Å²) < 4.78 is 38.3. The van der Waals surface area contributed by atoms with Gasteiger partial charge in [0, 0.05) is 18.6 Å². The Balaban J connectivity index is 2.75. The smallest absolute Gasteiger partial charge is 0.320 e. The first-order valence-electron chi connectivity index (χ1n) is 3.58. The molecule has 0 bridgehead atoms. The molecule has 0 spiro atoms. The molecule has 0 saturated heterocycles. The zero-order chi connectivity index (χ0) is 9.47. The fourth-order valence-corrected chi connectivity index (χ4v) is 1.19. The van der Waals surface area contributed by atoms with E-state index in [2.05, 4.69) is 4.98 Å². The van der Waals surface area contributed by atoms with E-state index in [1.807, 2.05) is 0 Å². The van der Waals surface area contributed by atoms with Gasteiger partial charge in [0.15, 0.2) is 5.69 Å². The van der Waals surface area contributed by atoms with Gasteiger partial charge in [0.25, 0.3) is 0 Å². The molecule has 0 atom stereocenters. The van der Waals surface area contributed by atoms with Gasteiger partial charge >= 0.3 is 6.18 Å². The van der Waals surface area contributed by atoms with Gasteiger partial charge in [-0.1, -0.05) is 0 Å². The van der Waals surface area contributed by atoms with Crippen LogP contribution in [0, 0.1) is 0 Å². The summed E-state index contributed by atoms with van der Waals surface area (Å²) in [6.07, 6.45) is -0.229. The normalized spacial score (nSPS) is 12.2. The molecule has 2 aromatic rings. The van der Waals surface area contributed by atoms with Crippen molar-refractivity contribution in [2.75, 3.05) is 0 Å². The summed E-state index contributed by atoms with van der Waals surface area (Å²) in [5, 5.41) is 0. The molecule has 0 aromatic carbocycles. The van der Waals surface area contributed by atoms with Crippen LogP contribution in [0.1, 0.15) is 5.69 Å². The Bertz CT molecular complexity index is 430. The van der Waals surface area contributed by atoms with Crippen molar-refractivity contribution < 1.29 is 13.2 Å². The summed E-state index contributed by atoms with van der Waals surface area (Å²) in [6.45, 7) is 0. The molecule has 2 nitrogen and oxygen atoms in total. The molecule has 0 N–H and O–H groups in total. The first-order chi connectivity index (χ1) is 6.09. The molecule has 2 rings (SSSR count). The van der Waals surface area contributed by atoms with Gasteiger partial charge in [-0.05, 0) is 12.1 Å². The summed E-state index contributed by atoms with van der Waals surface area (Å²) in [5.74, 6) is 0. The number of hydrogen-bond acceptors (Lipinski definition) is 1. The van der Waals surface area contributed by atoms with Crippen molar-refractivity contribution >= 4 is 5.52 Å². The second kappa shape index (κ2) is 2.48. The number of nitrogens with zero attached hydrogens (tertiary/aromatic N) is 2. The molecule has 13 heavy (non-hydrogen) atoms. The highest BCUT2D eigenvalue weighted by atomic mass is 19.4. The molecule has 0 amide bonds. The van der Waals surface area contributed by atoms with Crippen molar-refractivity contribution in [2.45, 2.75) is 6.18 Å². The number of alkyl halides is 3. The Kier molecular flexibility index (Phi) is 1.55. The monoisotopic (exact) mass is 186 g/mol. The van der Waals surface area contributed by atoms with Gasteiger partial charge in [0.05, 0.1) is 5.52 Å². The Morgan fingerprint density at radius 3 is 2.69 bits per heavy atom. The van der Waals surface area contributed by atoms with Gasteiger partial charge in [0.1, 0.15) is 0 Å². The van der Waals surface area contributed by atoms with Crippen molar-refractivity contribution in [1.29, 1.82) is 0 Å². The van der Waals surface area contributed by atoms with Gasteiger partial charge in [0.2, 0.25) is 0 Å². The van der Waals surface area contributed by atoms with Crippen molar-refractivity contribution in [3.63, 3.8) is 0 Å². The third-order valence-electron chi connectivity index (χ3n) is 1.72. The number of hydrogen-bond donors (Lipinski definition) is 0. The van der Waals surface area contributed by atoms with Crippen LogP contribution in [-0.2, 0) is 6.18 Å². The van der Waals surface area contributed by atoms with E-state index in [4.69, 9.17) is 0 Å². The standard InChI is InChI=1S/C8H5F3N2/c9-8(10,11)7-6-2-1-4-13(6)5-3-12-7/h1-5H. The predicted molar refractivity (Wildman–Crippen MR) is 40.2 cm³/mol. The first kappa shape index (κ1) is 8.10. The minimum atomic E-state index is -4.39. The third kappa shape index (κ3) is 1.26. The van der Waals surface area contributed by atoms with Crippen LogP contribution in [0.2, 0.25) is 0 Å². The zero-order valence-corrected chi connectivity index (χ0v) is 6.42. The Hall–Kier alpha value is -1.52. The Labute approximate surface area is 71.6 Å². The lowest BCUT2D eigenvalue weighted by Gasteiger charge is -2.06. The quantitative estimate of drug-likeness (QED) is 0.617. The average molecular weight is 186 g/mol. The van der Waals surface area contributed by atoms with Crippen molar-refractivity contribution in [3.8, 4) is 0 Å². The van der Waals surface area contributed by atoms with Crippen molar-refractivity contribution in [3.05, 3.63) is 36.4 Å². The van der Waals surface area contributed by atoms with Gasteiger partial charge in [-0.3, -0.25) is 0 Å². The van der Waals surface area contributed by atoms with E-state index in [9.17, 15) is 13.2 Å². The van der Waals surface area contributed by atoms with Gasteiger partial charge < -0.3 is 4.40 Å². The lowest BCUT2D eigenvalue weighted by molar-refractivity contribution is -0.140. The molecule has 0 unspecified atom stereocenters. The summed E-state index contributed by atoms with van der Waals surface area (Å²) in [6, 6.07) is 2.93. The van der Waals surface area contributed by atoms with Crippen molar-refractivity contribution in [1.82, 2.24) is 9.38 Å². The topological polar surface area (TPSA) is 17.3 Å². The van der Waals surface area contributed by atoms with E-state index < -0.39 is 11.9 Å². The molecular weight excluding hydrogens is 181 g/mol. The highest BCUT2D eigenvalue weighted by Gasteiger charge is 2.34. The second-order valence-electron chi connectivity index (χ2n) is 2.57. The Morgan fingerprint density at radius 2 is 2.00 bits per heavy atom. The third-order valence-corrected chi connectivity index (χ3v) is 1.72.